The Morgan fingerprint density at radius 3 is 1.70 bits per heavy atom. The van der Waals surface area contributed by atoms with Crippen molar-refractivity contribution in [1.29, 1.82) is 0 Å². The van der Waals surface area contributed by atoms with Crippen molar-refractivity contribution in [2.75, 3.05) is 0 Å². The van der Waals surface area contributed by atoms with Crippen molar-refractivity contribution in [1.82, 2.24) is 0 Å². The average Bonchev–Trinajstić information content (AvgIpc) is 1.60. The molecule has 1 N–H and O–H groups in total. The molecule has 0 fully saturated rings. The number of aliphatic hydroxyl groups excluding tert-OH is 1. The smallest absolute Gasteiger partial charge is 0.0810 e. The molecule has 62 valence electrons. The van der Waals surface area contributed by atoms with E-state index in [1.807, 2.05) is 27.7 Å². The highest BCUT2D eigenvalue weighted by atomic mass is 16.5. The van der Waals surface area contributed by atoms with Crippen LogP contribution in [0.25, 0.3) is 0 Å². The Hall–Kier alpha value is -0.0800. The first kappa shape index (κ1) is 9.92. The lowest BCUT2D eigenvalue weighted by atomic mass is 10.1. The molecule has 0 saturated carbocycles. The normalized spacial score (nSPS) is 18.6. The van der Waals surface area contributed by atoms with Crippen LogP contribution in [0.4, 0.5) is 0 Å². The first-order valence-corrected chi connectivity index (χ1v) is 3.69. The minimum atomic E-state index is -0.390. The van der Waals surface area contributed by atoms with Gasteiger partial charge in [-0.3, -0.25) is 0 Å². The summed E-state index contributed by atoms with van der Waals surface area (Å²) >= 11 is 0. The third kappa shape index (κ3) is 4.77. The number of aliphatic hydroxyl groups is 1. The molecule has 10 heavy (non-hydrogen) atoms. The van der Waals surface area contributed by atoms with Gasteiger partial charge in [-0.25, -0.2) is 0 Å². The van der Waals surface area contributed by atoms with E-state index in [-0.39, 0.29) is 17.8 Å². The Morgan fingerprint density at radius 2 is 1.60 bits per heavy atom. The lowest BCUT2D eigenvalue weighted by molar-refractivity contribution is -0.0965. The minimum absolute atomic E-state index is 0.0833. The van der Waals surface area contributed by atoms with Gasteiger partial charge >= 0.3 is 0 Å². The van der Waals surface area contributed by atoms with Crippen molar-refractivity contribution in [3.05, 3.63) is 0 Å². The highest BCUT2D eigenvalue weighted by molar-refractivity contribution is 4.65. The second-order valence-corrected chi connectivity index (χ2v) is 3.68. The van der Waals surface area contributed by atoms with Gasteiger partial charge in [0.25, 0.3) is 0 Å². The minimum Gasteiger partial charge on any atom is -0.391 e. The maximum Gasteiger partial charge on any atom is 0.0810 e. The van der Waals surface area contributed by atoms with E-state index in [0.717, 1.165) is 0 Å². The van der Waals surface area contributed by atoms with Crippen molar-refractivity contribution >= 4 is 0 Å². The largest absolute Gasteiger partial charge is 0.391 e. The molecule has 0 rings (SSSR count). The van der Waals surface area contributed by atoms with Crippen LogP contribution in [0.1, 0.15) is 34.6 Å². The van der Waals surface area contributed by atoms with E-state index in [4.69, 9.17) is 9.84 Å². The van der Waals surface area contributed by atoms with Crippen LogP contribution in [0.15, 0.2) is 0 Å². The van der Waals surface area contributed by atoms with Gasteiger partial charge in [-0.05, 0) is 34.6 Å². The third-order valence-corrected chi connectivity index (χ3v) is 1.22. The molecular weight excluding hydrogens is 128 g/mol. The first-order chi connectivity index (χ1) is 4.33. The maximum atomic E-state index is 9.06. The summed E-state index contributed by atoms with van der Waals surface area (Å²) in [4.78, 5) is 0. The zero-order chi connectivity index (χ0) is 8.36. The highest BCUT2D eigenvalue weighted by Crippen LogP contribution is 2.12. The summed E-state index contributed by atoms with van der Waals surface area (Å²) in [5.74, 6) is 0. The van der Waals surface area contributed by atoms with Gasteiger partial charge < -0.3 is 9.84 Å². The van der Waals surface area contributed by atoms with Gasteiger partial charge in [0.1, 0.15) is 0 Å². The van der Waals surface area contributed by atoms with Crippen molar-refractivity contribution in [2.24, 2.45) is 0 Å². The molecule has 0 radical (unpaired) electrons. The van der Waals surface area contributed by atoms with Crippen LogP contribution in [0, 0.1) is 0 Å². The summed E-state index contributed by atoms with van der Waals surface area (Å²) in [5.41, 5.74) is -0.156. The zero-order valence-electron chi connectivity index (χ0n) is 7.51. The molecule has 0 spiro atoms. The lowest BCUT2D eigenvalue weighted by Crippen LogP contribution is -2.32. The predicted octanol–water partition coefficient (Wildman–Crippen LogP) is 1.57. The van der Waals surface area contributed by atoms with Crippen LogP contribution in [-0.4, -0.2) is 22.9 Å². The zero-order valence-corrected chi connectivity index (χ0v) is 7.51. The maximum absolute atomic E-state index is 9.06. The van der Waals surface area contributed by atoms with E-state index < -0.39 is 0 Å². The number of ether oxygens (including phenoxy) is 1. The van der Waals surface area contributed by atoms with Gasteiger partial charge in [-0.1, -0.05) is 0 Å². The van der Waals surface area contributed by atoms with Crippen LogP contribution in [0.3, 0.4) is 0 Å². The molecule has 0 aromatic heterocycles. The molecule has 0 aromatic carbocycles. The number of hydrogen-bond donors (Lipinski definition) is 1. The molecule has 2 atom stereocenters. The summed E-state index contributed by atoms with van der Waals surface area (Å²) in [7, 11) is 0. The Bertz CT molecular complexity index is 91.9. The van der Waals surface area contributed by atoms with Crippen molar-refractivity contribution in [3.8, 4) is 0 Å². The Balaban J connectivity index is 3.68. The molecular formula is C8H18O2. The molecule has 1 unspecified atom stereocenters. The molecule has 0 aliphatic rings. The van der Waals surface area contributed by atoms with Gasteiger partial charge in [-0.2, -0.15) is 0 Å². The van der Waals surface area contributed by atoms with Crippen LogP contribution in [0.5, 0.6) is 0 Å². The number of rotatable bonds is 2. The fraction of sp³-hybridized carbons (Fsp3) is 1.00. The quantitative estimate of drug-likeness (QED) is 0.640. The second-order valence-electron chi connectivity index (χ2n) is 3.68. The van der Waals surface area contributed by atoms with Gasteiger partial charge in [0.2, 0.25) is 0 Å². The van der Waals surface area contributed by atoms with E-state index in [9.17, 15) is 0 Å². The van der Waals surface area contributed by atoms with Crippen molar-refractivity contribution in [2.45, 2.75) is 52.4 Å². The third-order valence-electron chi connectivity index (χ3n) is 1.22. The second kappa shape index (κ2) is 3.35. The van der Waals surface area contributed by atoms with E-state index in [1.54, 1.807) is 6.92 Å². The molecule has 0 aromatic rings. The number of hydrogen-bond acceptors (Lipinski definition) is 2. The Labute approximate surface area is 63.2 Å². The predicted molar refractivity (Wildman–Crippen MR) is 42.0 cm³/mol. The fourth-order valence-electron chi connectivity index (χ4n) is 0.656. The lowest BCUT2D eigenvalue weighted by Gasteiger charge is -2.26. The summed E-state index contributed by atoms with van der Waals surface area (Å²) < 4.78 is 5.45. The monoisotopic (exact) mass is 146 g/mol. The van der Waals surface area contributed by atoms with Gasteiger partial charge in [-0.15, -0.1) is 0 Å². The summed E-state index contributed by atoms with van der Waals surface area (Å²) in [6, 6.07) is 0. The molecule has 0 bridgehead atoms. The van der Waals surface area contributed by atoms with Crippen LogP contribution >= 0.6 is 0 Å². The summed E-state index contributed by atoms with van der Waals surface area (Å²) in [5, 5.41) is 9.06. The SMILES string of the molecule is CC(OC(C)(C)C)[C@@H](C)O. The van der Waals surface area contributed by atoms with Crippen molar-refractivity contribution in [3.63, 3.8) is 0 Å². The fourth-order valence-corrected chi connectivity index (χ4v) is 0.656. The highest BCUT2D eigenvalue weighted by Gasteiger charge is 2.17. The van der Waals surface area contributed by atoms with Crippen LogP contribution in [0.2, 0.25) is 0 Å². The Morgan fingerprint density at radius 1 is 1.20 bits per heavy atom. The molecule has 0 saturated heterocycles. The molecule has 2 heteroatoms. The van der Waals surface area contributed by atoms with Gasteiger partial charge in [0, 0.05) is 0 Å². The van der Waals surface area contributed by atoms with Gasteiger partial charge in [0.05, 0.1) is 17.8 Å². The van der Waals surface area contributed by atoms with Crippen molar-refractivity contribution < 1.29 is 9.84 Å². The van der Waals surface area contributed by atoms with Crippen LogP contribution < -0.4 is 0 Å². The molecule has 0 aliphatic carbocycles. The molecule has 2 nitrogen and oxygen atoms in total. The van der Waals surface area contributed by atoms with E-state index in [0.29, 0.717) is 0 Å². The van der Waals surface area contributed by atoms with Crippen LogP contribution in [-0.2, 0) is 4.74 Å². The Kier molecular flexibility index (Phi) is 3.33. The average molecular weight is 146 g/mol. The summed E-state index contributed by atoms with van der Waals surface area (Å²) in [6.45, 7) is 9.54. The first-order valence-electron chi connectivity index (χ1n) is 3.69. The summed E-state index contributed by atoms with van der Waals surface area (Å²) in [6.07, 6.45) is -0.473. The van der Waals surface area contributed by atoms with Gasteiger partial charge in [0.15, 0.2) is 0 Å². The molecule has 0 aliphatic heterocycles. The topological polar surface area (TPSA) is 29.5 Å². The molecule has 0 amide bonds. The molecule has 0 heterocycles. The van der Waals surface area contributed by atoms with E-state index in [1.165, 1.54) is 0 Å². The van der Waals surface area contributed by atoms with E-state index >= 15 is 0 Å². The van der Waals surface area contributed by atoms with E-state index in [2.05, 4.69) is 0 Å². The standard InChI is InChI=1S/C8H18O2/c1-6(9)7(2)10-8(3,4)5/h6-7,9H,1-5H3/t6-,7?/m1/s1.